The Morgan fingerprint density at radius 1 is 0.697 bits per heavy atom. The smallest absolute Gasteiger partial charge is 0.396 e. The molecule has 14 heteroatoms. The van der Waals surface area contributed by atoms with E-state index in [4.69, 9.17) is 14.2 Å². The third-order valence-corrected chi connectivity index (χ3v) is 4.41. The van der Waals surface area contributed by atoms with Crippen LogP contribution in [0.15, 0.2) is 0 Å². The topological polar surface area (TPSA) is 77.4 Å². The van der Waals surface area contributed by atoms with Crippen molar-refractivity contribution in [1.29, 1.82) is 0 Å². The summed E-state index contributed by atoms with van der Waals surface area (Å²) < 4.78 is 119. The molecule has 200 valence electrons. The highest BCUT2D eigenvalue weighted by atomic mass is 19.4. The molecule has 3 unspecified atom stereocenters. The van der Waals surface area contributed by atoms with Crippen molar-refractivity contribution in [1.82, 2.24) is 0 Å². The van der Waals surface area contributed by atoms with E-state index in [9.17, 15) is 45.3 Å². The summed E-state index contributed by atoms with van der Waals surface area (Å²) in [5.74, 6) is -5.03. The number of hydrogen-bond acceptors (Lipinski definition) is 6. The van der Waals surface area contributed by atoms with E-state index in [1.165, 1.54) is 6.92 Å². The molecule has 6 nitrogen and oxygen atoms in total. The van der Waals surface area contributed by atoms with Crippen molar-refractivity contribution in [2.24, 2.45) is 10.8 Å². The van der Waals surface area contributed by atoms with Crippen LogP contribution in [0.5, 0.6) is 0 Å². The van der Waals surface area contributed by atoms with Gasteiger partial charge in [0, 0.05) is 10.8 Å². The molecule has 0 aromatic carbocycles. The predicted octanol–water partition coefficient (Wildman–Crippen LogP) is 3.59. The largest absolute Gasteiger partial charge is 0.455 e. The van der Waals surface area contributed by atoms with Gasteiger partial charge in [-0.05, 0) is 6.92 Å². The number of alkyl halides is 8. The second kappa shape index (κ2) is 13.3. The van der Waals surface area contributed by atoms with Crippen molar-refractivity contribution in [3.05, 3.63) is 0 Å². The van der Waals surface area contributed by atoms with Crippen molar-refractivity contribution in [3.63, 3.8) is 0 Å². The zero-order valence-corrected chi connectivity index (χ0v) is 18.7. The Labute approximate surface area is 187 Å². The summed E-state index contributed by atoms with van der Waals surface area (Å²) in [7, 11) is 0. The first-order valence-electron chi connectivity index (χ1n) is 9.96. The fourth-order valence-electron chi connectivity index (χ4n) is 2.14. The molecule has 0 bridgehead atoms. The fraction of sp³-hybridized carbons (Fsp3) is 1.00. The molecule has 0 amide bonds. The molecule has 2 N–H and O–H groups in total. The van der Waals surface area contributed by atoms with E-state index in [0.717, 1.165) is 0 Å². The quantitative estimate of drug-likeness (QED) is 0.231. The number of aliphatic hydroxyl groups excluding tert-OH is 2. The van der Waals surface area contributed by atoms with E-state index < -0.39 is 74.7 Å². The summed E-state index contributed by atoms with van der Waals surface area (Å²) in [5, 5.41) is 18.9. The van der Waals surface area contributed by atoms with Crippen LogP contribution in [0.4, 0.5) is 35.1 Å². The average molecular weight is 508 g/mol. The van der Waals surface area contributed by atoms with Gasteiger partial charge < -0.3 is 29.2 Å². The van der Waals surface area contributed by atoms with Crippen LogP contribution in [0, 0.1) is 10.8 Å². The molecule has 0 rings (SSSR count). The minimum Gasteiger partial charge on any atom is -0.396 e. The molecule has 0 saturated heterocycles. The third kappa shape index (κ3) is 13.6. The van der Waals surface area contributed by atoms with Crippen LogP contribution in [0.3, 0.4) is 0 Å². The van der Waals surface area contributed by atoms with E-state index in [1.807, 2.05) is 0 Å². The Kier molecular flexibility index (Phi) is 13.0. The van der Waals surface area contributed by atoms with Gasteiger partial charge in [-0.15, -0.1) is 0 Å². The van der Waals surface area contributed by atoms with Crippen LogP contribution in [0.1, 0.15) is 27.2 Å². The maximum Gasteiger partial charge on any atom is 0.455 e. The van der Waals surface area contributed by atoms with E-state index in [2.05, 4.69) is 4.74 Å². The van der Waals surface area contributed by atoms with Gasteiger partial charge in [0.1, 0.15) is 6.61 Å². The van der Waals surface area contributed by atoms with Crippen LogP contribution in [0.25, 0.3) is 0 Å². The lowest BCUT2D eigenvalue weighted by Crippen LogP contribution is -2.43. The summed E-state index contributed by atoms with van der Waals surface area (Å²) in [6.45, 7) is -0.176. The molecule has 0 aliphatic rings. The first-order chi connectivity index (χ1) is 14.9. The van der Waals surface area contributed by atoms with Gasteiger partial charge in [0.15, 0.2) is 0 Å². The second-order valence-electron chi connectivity index (χ2n) is 8.69. The maximum absolute atomic E-state index is 12.9. The molecule has 3 atom stereocenters. The summed E-state index contributed by atoms with van der Waals surface area (Å²) in [4.78, 5) is 0. The van der Waals surface area contributed by atoms with E-state index in [-0.39, 0.29) is 26.4 Å². The van der Waals surface area contributed by atoms with Crippen LogP contribution in [-0.4, -0.2) is 94.1 Å². The Balaban J connectivity index is 4.38. The molecular formula is C19H32F8O6. The highest BCUT2D eigenvalue weighted by Gasteiger charge is 2.57. The van der Waals surface area contributed by atoms with E-state index in [0.29, 0.717) is 0 Å². The molecule has 0 aliphatic heterocycles. The van der Waals surface area contributed by atoms with Crippen LogP contribution >= 0.6 is 0 Å². The Hall–Kier alpha value is -0.800. The summed E-state index contributed by atoms with van der Waals surface area (Å²) in [6.07, 6.45) is -11.8. The zero-order chi connectivity index (χ0) is 26.0. The molecule has 0 aromatic heterocycles. The molecule has 0 aromatic rings. The van der Waals surface area contributed by atoms with Gasteiger partial charge in [-0.2, -0.15) is 35.1 Å². The Morgan fingerprint density at radius 3 is 1.67 bits per heavy atom. The normalized spacial score (nSPS) is 18.1. The molecule has 0 fully saturated rings. The van der Waals surface area contributed by atoms with Gasteiger partial charge >= 0.3 is 18.3 Å². The van der Waals surface area contributed by atoms with Crippen molar-refractivity contribution in [3.8, 4) is 0 Å². The molecule has 33 heavy (non-hydrogen) atoms. The van der Waals surface area contributed by atoms with Crippen LogP contribution in [0.2, 0.25) is 0 Å². The fourth-order valence-corrected chi connectivity index (χ4v) is 2.14. The van der Waals surface area contributed by atoms with Crippen molar-refractivity contribution in [2.75, 3.05) is 59.5 Å². The Morgan fingerprint density at radius 2 is 1.18 bits per heavy atom. The lowest BCUT2D eigenvalue weighted by atomic mass is 9.94. The summed E-state index contributed by atoms with van der Waals surface area (Å²) in [6, 6.07) is 0. The van der Waals surface area contributed by atoms with Gasteiger partial charge in [0.25, 0.3) is 0 Å². The molecule has 0 spiro atoms. The molecule has 0 saturated carbocycles. The van der Waals surface area contributed by atoms with Crippen LogP contribution in [-0.2, 0) is 18.9 Å². The molecule has 0 radical (unpaired) electrons. The molecular weight excluding hydrogens is 476 g/mol. The van der Waals surface area contributed by atoms with Gasteiger partial charge in [-0.3, -0.25) is 0 Å². The number of ether oxygens (including phenoxy) is 4. The first-order valence-corrected chi connectivity index (χ1v) is 9.96. The van der Waals surface area contributed by atoms with Crippen molar-refractivity contribution < 1.29 is 64.3 Å². The van der Waals surface area contributed by atoms with Gasteiger partial charge in [0.05, 0.1) is 65.4 Å². The predicted molar refractivity (Wildman–Crippen MR) is 99.9 cm³/mol. The van der Waals surface area contributed by atoms with Gasteiger partial charge in [-0.1, -0.05) is 13.8 Å². The second-order valence-corrected chi connectivity index (χ2v) is 8.69. The van der Waals surface area contributed by atoms with E-state index in [1.54, 1.807) is 13.8 Å². The standard InChI is InChI=1S/C19H32F8O6/c1-14(6-31-10-15(2,7-28)9-30-5-4-18(22,23)24)33-12-16(3,8-29)11-32-13-17(20,21)19(25,26)27/h14,28-29H,4-13H2,1-3H3. The van der Waals surface area contributed by atoms with Crippen molar-refractivity contribution in [2.45, 2.75) is 51.6 Å². The van der Waals surface area contributed by atoms with Gasteiger partial charge in [-0.25, -0.2) is 0 Å². The monoisotopic (exact) mass is 508 g/mol. The summed E-state index contributed by atoms with van der Waals surface area (Å²) >= 11 is 0. The van der Waals surface area contributed by atoms with Gasteiger partial charge in [0.2, 0.25) is 0 Å². The average Bonchev–Trinajstić information content (AvgIpc) is 2.68. The lowest BCUT2D eigenvalue weighted by molar-refractivity contribution is -0.298. The van der Waals surface area contributed by atoms with Crippen molar-refractivity contribution >= 4 is 0 Å². The summed E-state index contributed by atoms with van der Waals surface area (Å²) in [5.41, 5.74) is -2.23. The van der Waals surface area contributed by atoms with Crippen LogP contribution < -0.4 is 0 Å². The zero-order valence-electron chi connectivity index (χ0n) is 18.7. The Bertz CT molecular complexity index is 545. The number of hydrogen-bond donors (Lipinski definition) is 2. The SMILES string of the molecule is CC(COCC(C)(CO)COCCC(F)(F)F)OCC(C)(CO)COCC(F)(F)C(F)(F)F. The first kappa shape index (κ1) is 32.2. The number of halogens is 8. The highest BCUT2D eigenvalue weighted by Crippen LogP contribution is 2.35. The third-order valence-electron chi connectivity index (χ3n) is 4.41. The number of rotatable bonds is 17. The lowest BCUT2D eigenvalue weighted by Gasteiger charge is -2.30. The minimum absolute atomic E-state index is 0.0351. The molecule has 0 aliphatic carbocycles. The molecule has 0 heterocycles. The minimum atomic E-state index is -5.75. The highest BCUT2D eigenvalue weighted by molar-refractivity contribution is 4.78. The number of aliphatic hydroxyl groups is 2. The maximum atomic E-state index is 12.9. The van der Waals surface area contributed by atoms with E-state index >= 15 is 0 Å².